The molecule has 1 aromatic rings. The summed E-state index contributed by atoms with van der Waals surface area (Å²) >= 11 is 11.6. The van der Waals surface area contributed by atoms with Crippen LogP contribution in [0.3, 0.4) is 0 Å². The van der Waals surface area contributed by atoms with Crippen LogP contribution in [0.4, 0.5) is 5.69 Å². The van der Waals surface area contributed by atoms with Gasteiger partial charge in [-0.25, -0.2) is 0 Å². The third kappa shape index (κ3) is 3.62. The number of nitrogens with one attached hydrogen (secondary N) is 1. The lowest BCUT2D eigenvalue weighted by Crippen LogP contribution is -2.46. The highest BCUT2D eigenvalue weighted by atomic mass is 35.5. The van der Waals surface area contributed by atoms with E-state index in [1.807, 2.05) is 0 Å². The second-order valence-electron chi connectivity index (χ2n) is 4.63. The predicted octanol–water partition coefficient (Wildman–Crippen LogP) is 1.92. The highest BCUT2D eigenvalue weighted by Crippen LogP contribution is 2.25. The topological polar surface area (TPSA) is 69.6 Å². The monoisotopic (exact) mass is 316 g/mol. The number of halogens is 2. The second-order valence-corrected chi connectivity index (χ2v) is 5.44. The standard InChI is InChI=1S/C13H14Cl2N2O3/c14-10-4-3-8(6-11(10)15)16-12(19)13(20)17-5-1-2-9(18)7-17/h3-4,6,9,18H,1-2,5,7H2,(H,16,19). The van der Waals surface area contributed by atoms with Gasteiger partial charge in [-0.2, -0.15) is 0 Å². The van der Waals surface area contributed by atoms with Crippen molar-refractivity contribution in [3.63, 3.8) is 0 Å². The van der Waals surface area contributed by atoms with Gasteiger partial charge in [0.15, 0.2) is 0 Å². The van der Waals surface area contributed by atoms with E-state index in [-0.39, 0.29) is 6.54 Å². The number of anilines is 1. The van der Waals surface area contributed by atoms with Gasteiger partial charge in [-0.15, -0.1) is 0 Å². The number of benzene rings is 1. The minimum absolute atomic E-state index is 0.188. The van der Waals surface area contributed by atoms with Crippen LogP contribution < -0.4 is 5.32 Å². The molecule has 0 bridgehead atoms. The normalized spacial score (nSPS) is 18.8. The number of carbonyl (C=O) groups excluding carboxylic acids is 2. The summed E-state index contributed by atoms with van der Waals surface area (Å²) in [5.74, 6) is -1.41. The van der Waals surface area contributed by atoms with E-state index in [1.165, 1.54) is 17.0 Å². The Kier molecular flexibility index (Phi) is 4.86. The molecule has 7 heteroatoms. The molecule has 0 radical (unpaired) electrons. The second kappa shape index (κ2) is 6.43. The minimum atomic E-state index is -0.752. The number of aliphatic hydroxyl groups excluding tert-OH is 1. The molecule has 1 atom stereocenters. The smallest absolute Gasteiger partial charge is 0.313 e. The van der Waals surface area contributed by atoms with Gasteiger partial charge in [0.1, 0.15) is 0 Å². The molecule has 0 aromatic heterocycles. The third-order valence-corrected chi connectivity index (χ3v) is 3.79. The van der Waals surface area contributed by atoms with Gasteiger partial charge >= 0.3 is 11.8 Å². The molecule has 1 unspecified atom stereocenters. The van der Waals surface area contributed by atoms with Gasteiger partial charge in [-0.05, 0) is 31.0 Å². The molecule has 1 aliphatic rings. The Hall–Kier alpha value is -1.30. The minimum Gasteiger partial charge on any atom is -0.391 e. The predicted molar refractivity (Wildman–Crippen MR) is 76.9 cm³/mol. The Morgan fingerprint density at radius 3 is 2.70 bits per heavy atom. The number of likely N-dealkylation sites (tertiary alicyclic amines) is 1. The van der Waals surface area contributed by atoms with Gasteiger partial charge in [-0.1, -0.05) is 23.2 Å². The van der Waals surface area contributed by atoms with E-state index in [2.05, 4.69) is 5.32 Å². The molecule has 1 aliphatic heterocycles. The SMILES string of the molecule is O=C(Nc1ccc(Cl)c(Cl)c1)C(=O)N1CCCC(O)C1. The van der Waals surface area contributed by atoms with Gasteiger partial charge < -0.3 is 15.3 Å². The molecule has 20 heavy (non-hydrogen) atoms. The first kappa shape index (κ1) is 15.1. The summed E-state index contributed by atoms with van der Waals surface area (Å²) in [6.07, 6.45) is 0.774. The maximum atomic E-state index is 11.9. The molecule has 1 saturated heterocycles. The lowest BCUT2D eigenvalue weighted by molar-refractivity contribution is -0.145. The third-order valence-electron chi connectivity index (χ3n) is 3.06. The molecule has 0 aliphatic carbocycles. The van der Waals surface area contributed by atoms with Crippen molar-refractivity contribution in [2.75, 3.05) is 18.4 Å². The number of amides is 2. The number of piperidine rings is 1. The van der Waals surface area contributed by atoms with Crippen LogP contribution in [0.15, 0.2) is 18.2 Å². The van der Waals surface area contributed by atoms with Crippen molar-refractivity contribution >= 4 is 40.7 Å². The van der Waals surface area contributed by atoms with Gasteiger partial charge in [-0.3, -0.25) is 9.59 Å². The molecule has 5 nitrogen and oxygen atoms in total. The molecule has 1 fully saturated rings. The van der Waals surface area contributed by atoms with Crippen LogP contribution in [0.2, 0.25) is 10.0 Å². The van der Waals surface area contributed by atoms with Crippen LogP contribution in [0.5, 0.6) is 0 Å². The first-order chi connectivity index (χ1) is 9.47. The van der Waals surface area contributed by atoms with Crippen LogP contribution in [0.1, 0.15) is 12.8 Å². The van der Waals surface area contributed by atoms with Crippen molar-refractivity contribution in [2.24, 2.45) is 0 Å². The molecule has 2 rings (SSSR count). The van der Waals surface area contributed by atoms with Crippen LogP contribution >= 0.6 is 23.2 Å². The number of aliphatic hydroxyl groups is 1. The first-order valence-electron chi connectivity index (χ1n) is 6.21. The lowest BCUT2D eigenvalue weighted by atomic mass is 10.1. The summed E-state index contributed by atoms with van der Waals surface area (Å²) in [5, 5.41) is 12.6. The summed E-state index contributed by atoms with van der Waals surface area (Å²) in [6.45, 7) is 0.665. The highest BCUT2D eigenvalue weighted by molar-refractivity contribution is 6.42. The van der Waals surface area contributed by atoms with E-state index in [0.29, 0.717) is 35.1 Å². The summed E-state index contributed by atoms with van der Waals surface area (Å²) in [6, 6.07) is 4.57. The number of nitrogens with zero attached hydrogens (tertiary/aromatic N) is 1. The van der Waals surface area contributed by atoms with Crippen molar-refractivity contribution < 1.29 is 14.7 Å². The molecule has 0 saturated carbocycles. The molecule has 108 valence electrons. The van der Waals surface area contributed by atoms with Gasteiger partial charge in [0.25, 0.3) is 0 Å². The Labute approximate surface area is 126 Å². The summed E-state index contributed by atoms with van der Waals surface area (Å²) < 4.78 is 0. The van der Waals surface area contributed by atoms with E-state index >= 15 is 0 Å². The largest absolute Gasteiger partial charge is 0.391 e. The first-order valence-corrected chi connectivity index (χ1v) is 6.96. The fraction of sp³-hybridized carbons (Fsp3) is 0.385. The number of hydrogen-bond acceptors (Lipinski definition) is 3. The van der Waals surface area contributed by atoms with Crippen molar-refractivity contribution in [2.45, 2.75) is 18.9 Å². The van der Waals surface area contributed by atoms with Crippen LogP contribution in [0, 0.1) is 0 Å². The molecule has 1 heterocycles. The van der Waals surface area contributed by atoms with Crippen molar-refractivity contribution in [1.29, 1.82) is 0 Å². The van der Waals surface area contributed by atoms with E-state index in [0.717, 1.165) is 0 Å². The van der Waals surface area contributed by atoms with E-state index in [9.17, 15) is 14.7 Å². The number of hydrogen-bond donors (Lipinski definition) is 2. The summed E-state index contributed by atoms with van der Waals surface area (Å²) in [7, 11) is 0. The summed E-state index contributed by atoms with van der Waals surface area (Å²) in [5.41, 5.74) is 0.398. The van der Waals surface area contributed by atoms with E-state index in [4.69, 9.17) is 23.2 Å². The molecular weight excluding hydrogens is 303 g/mol. The molecule has 1 aromatic carbocycles. The fourth-order valence-corrected chi connectivity index (χ4v) is 2.34. The lowest BCUT2D eigenvalue weighted by Gasteiger charge is -2.29. The maximum Gasteiger partial charge on any atom is 0.313 e. The van der Waals surface area contributed by atoms with E-state index < -0.39 is 17.9 Å². The maximum absolute atomic E-state index is 11.9. The molecular formula is C13H14Cl2N2O3. The fourth-order valence-electron chi connectivity index (χ4n) is 2.04. The quantitative estimate of drug-likeness (QED) is 0.778. The zero-order chi connectivity index (χ0) is 14.7. The van der Waals surface area contributed by atoms with Crippen molar-refractivity contribution in [1.82, 2.24) is 4.90 Å². The van der Waals surface area contributed by atoms with Crippen LogP contribution in [-0.2, 0) is 9.59 Å². The van der Waals surface area contributed by atoms with Gasteiger partial charge in [0.05, 0.1) is 16.1 Å². The Morgan fingerprint density at radius 2 is 2.05 bits per heavy atom. The average molecular weight is 317 g/mol. The number of carbonyl (C=O) groups is 2. The zero-order valence-corrected chi connectivity index (χ0v) is 12.1. The average Bonchev–Trinajstić information content (AvgIpc) is 2.42. The Morgan fingerprint density at radius 1 is 1.30 bits per heavy atom. The molecule has 2 amide bonds. The van der Waals surface area contributed by atoms with Crippen LogP contribution in [0.25, 0.3) is 0 Å². The number of β-amino-alcohol motifs (C(OH)–C–C–N with tert-alkyl or cyclic N) is 1. The van der Waals surface area contributed by atoms with Crippen molar-refractivity contribution in [3.05, 3.63) is 28.2 Å². The van der Waals surface area contributed by atoms with Crippen LogP contribution in [-0.4, -0.2) is 41.0 Å². The molecule has 0 spiro atoms. The highest BCUT2D eigenvalue weighted by Gasteiger charge is 2.26. The Balaban J connectivity index is 2.00. The van der Waals surface area contributed by atoms with Gasteiger partial charge in [0, 0.05) is 18.8 Å². The summed E-state index contributed by atoms with van der Waals surface area (Å²) in [4.78, 5) is 25.1. The van der Waals surface area contributed by atoms with Crippen molar-refractivity contribution in [3.8, 4) is 0 Å². The number of rotatable bonds is 1. The van der Waals surface area contributed by atoms with E-state index in [1.54, 1.807) is 6.07 Å². The molecule has 2 N–H and O–H groups in total. The van der Waals surface area contributed by atoms with Gasteiger partial charge in [0.2, 0.25) is 0 Å². The zero-order valence-electron chi connectivity index (χ0n) is 10.6. The Bertz CT molecular complexity index is 536.